The second-order valence-electron chi connectivity index (χ2n) is 9.34. The van der Waals surface area contributed by atoms with Crippen LogP contribution in [0, 0.1) is 0 Å². The molecule has 1 aromatic heterocycles. The van der Waals surface area contributed by atoms with Gasteiger partial charge in [0, 0.05) is 29.8 Å². The molecule has 7 heteroatoms. The first-order valence-electron chi connectivity index (χ1n) is 11.9. The molecular weight excluding hydrogens is 434 g/mol. The summed E-state index contributed by atoms with van der Waals surface area (Å²) < 4.78 is 0. The van der Waals surface area contributed by atoms with Gasteiger partial charge >= 0.3 is 5.97 Å². The summed E-state index contributed by atoms with van der Waals surface area (Å²) in [5.41, 5.74) is 8.72. The minimum absolute atomic E-state index is 0.0234. The Hall–Kier alpha value is -2.22. The fourth-order valence-corrected chi connectivity index (χ4v) is 6.05. The Bertz CT molecular complexity index is 905. The van der Waals surface area contributed by atoms with E-state index in [1.807, 2.05) is 0 Å². The number of aryl methyl sites for hydroxylation is 1. The minimum Gasteiger partial charge on any atom is -0.481 e. The summed E-state index contributed by atoms with van der Waals surface area (Å²) >= 11 is 1.80. The minimum atomic E-state index is -0.845. The average molecular weight is 472 g/mol. The molecule has 1 atom stereocenters. The molecule has 4 N–H and O–H groups in total. The molecular formula is C26H37N3O3S. The maximum absolute atomic E-state index is 11.9. The molecule has 6 nitrogen and oxygen atoms in total. The van der Waals surface area contributed by atoms with Gasteiger partial charge in [-0.15, -0.1) is 11.3 Å². The van der Waals surface area contributed by atoms with Gasteiger partial charge in [-0.05, 0) is 81.6 Å². The van der Waals surface area contributed by atoms with Crippen molar-refractivity contribution >= 4 is 23.2 Å². The Balaban J connectivity index is 0.000000252. The van der Waals surface area contributed by atoms with E-state index in [1.165, 1.54) is 16.0 Å². The monoisotopic (exact) mass is 471 g/mol. The third kappa shape index (κ3) is 6.65. The van der Waals surface area contributed by atoms with Crippen LogP contribution in [0.25, 0.3) is 0 Å². The van der Waals surface area contributed by atoms with Gasteiger partial charge in [-0.25, -0.2) is 0 Å². The van der Waals surface area contributed by atoms with Gasteiger partial charge < -0.3 is 16.2 Å². The van der Waals surface area contributed by atoms with E-state index in [2.05, 4.69) is 66.1 Å². The van der Waals surface area contributed by atoms with E-state index < -0.39 is 5.97 Å². The SMILES string of the molecule is CN(C)C1(c2cccs2)CCC(NC(=O)CCCC(=O)O)CC1.NC1CCc2ccccc21. The summed E-state index contributed by atoms with van der Waals surface area (Å²) in [5, 5.41) is 13.8. The van der Waals surface area contributed by atoms with Crippen molar-refractivity contribution in [3.63, 3.8) is 0 Å². The average Bonchev–Trinajstić information content (AvgIpc) is 3.46. The Morgan fingerprint density at radius 3 is 2.45 bits per heavy atom. The number of nitrogens with zero attached hydrogens (tertiary/aromatic N) is 1. The molecule has 180 valence electrons. The first kappa shape index (κ1) is 25.4. The van der Waals surface area contributed by atoms with Gasteiger partial charge in [0.1, 0.15) is 0 Å². The van der Waals surface area contributed by atoms with Crippen molar-refractivity contribution in [2.24, 2.45) is 5.73 Å². The molecule has 1 heterocycles. The molecule has 0 saturated heterocycles. The first-order valence-corrected chi connectivity index (χ1v) is 12.8. The van der Waals surface area contributed by atoms with Crippen LogP contribution in [0.1, 0.15) is 73.4 Å². The lowest BCUT2D eigenvalue weighted by Crippen LogP contribution is -2.48. The smallest absolute Gasteiger partial charge is 0.303 e. The van der Waals surface area contributed by atoms with Crippen molar-refractivity contribution in [3.8, 4) is 0 Å². The Labute approximate surface area is 201 Å². The van der Waals surface area contributed by atoms with Gasteiger partial charge in [-0.1, -0.05) is 30.3 Å². The molecule has 1 unspecified atom stereocenters. The van der Waals surface area contributed by atoms with Gasteiger partial charge in [0.15, 0.2) is 0 Å². The lowest BCUT2D eigenvalue weighted by molar-refractivity contribution is -0.137. The number of benzene rings is 1. The van der Waals surface area contributed by atoms with Crippen LogP contribution in [0.4, 0.5) is 0 Å². The van der Waals surface area contributed by atoms with E-state index in [-0.39, 0.29) is 23.9 Å². The standard InChI is InChI=1S/C17H26N2O3S.C9H11N/c1-19(2)17(14-5-4-12-23-14)10-8-13(9-11-17)18-15(20)6-3-7-16(21)22;10-9-6-5-7-3-1-2-4-8(7)9/h4-5,12-13H,3,6-11H2,1-2H3,(H,18,20)(H,21,22);1-4,9H,5-6,10H2. The van der Waals surface area contributed by atoms with Crippen molar-refractivity contribution in [3.05, 3.63) is 57.8 Å². The number of rotatable bonds is 7. The van der Waals surface area contributed by atoms with Crippen molar-refractivity contribution in [2.45, 2.75) is 75.4 Å². The number of carboxylic acids is 1. The number of aliphatic carboxylic acids is 1. The van der Waals surface area contributed by atoms with E-state index in [0.29, 0.717) is 18.9 Å². The number of carbonyl (C=O) groups is 2. The quantitative estimate of drug-likeness (QED) is 0.554. The molecule has 1 amide bonds. The van der Waals surface area contributed by atoms with Crippen LogP contribution in [-0.4, -0.2) is 42.0 Å². The molecule has 0 bridgehead atoms. The van der Waals surface area contributed by atoms with E-state index in [0.717, 1.165) is 38.5 Å². The van der Waals surface area contributed by atoms with Crippen LogP contribution in [0.5, 0.6) is 0 Å². The van der Waals surface area contributed by atoms with Gasteiger partial charge in [0.2, 0.25) is 5.91 Å². The number of carboxylic acid groups (broad SMARTS) is 1. The third-order valence-electron chi connectivity index (χ3n) is 6.99. The van der Waals surface area contributed by atoms with Gasteiger partial charge in [0.25, 0.3) is 0 Å². The molecule has 1 aromatic carbocycles. The zero-order valence-corrected chi connectivity index (χ0v) is 20.6. The number of hydrogen-bond donors (Lipinski definition) is 3. The Morgan fingerprint density at radius 2 is 1.85 bits per heavy atom. The summed E-state index contributed by atoms with van der Waals surface area (Å²) in [4.78, 5) is 26.1. The summed E-state index contributed by atoms with van der Waals surface area (Å²) in [6.45, 7) is 0. The first-order chi connectivity index (χ1) is 15.8. The van der Waals surface area contributed by atoms with Gasteiger partial charge in [0.05, 0.1) is 5.54 Å². The molecule has 2 aliphatic carbocycles. The maximum atomic E-state index is 11.9. The second kappa shape index (κ2) is 11.8. The van der Waals surface area contributed by atoms with Gasteiger partial charge in [-0.3, -0.25) is 14.5 Å². The number of hydrogen-bond acceptors (Lipinski definition) is 5. The Morgan fingerprint density at radius 1 is 1.12 bits per heavy atom. The highest BCUT2D eigenvalue weighted by molar-refractivity contribution is 7.10. The highest BCUT2D eigenvalue weighted by Crippen LogP contribution is 2.43. The molecule has 4 rings (SSSR count). The zero-order valence-electron chi connectivity index (χ0n) is 19.8. The highest BCUT2D eigenvalue weighted by Gasteiger charge is 2.39. The van der Waals surface area contributed by atoms with Crippen LogP contribution >= 0.6 is 11.3 Å². The van der Waals surface area contributed by atoms with Gasteiger partial charge in [-0.2, -0.15) is 0 Å². The van der Waals surface area contributed by atoms with Crippen molar-refractivity contribution in [1.82, 2.24) is 10.2 Å². The zero-order chi connectivity index (χ0) is 23.8. The summed E-state index contributed by atoms with van der Waals surface area (Å²) in [7, 11) is 4.26. The predicted molar refractivity (Wildman–Crippen MR) is 133 cm³/mol. The van der Waals surface area contributed by atoms with E-state index >= 15 is 0 Å². The van der Waals surface area contributed by atoms with Crippen LogP contribution in [-0.2, 0) is 21.5 Å². The fraction of sp³-hybridized carbons (Fsp3) is 0.538. The van der Waals surface area contributed by atoms with E-state index in [9.17, 15) is 9.59 Å². The normalized spacial score (nSPS) is 24.0. The van der Waals surface area contributed by atoms with Crippen LogP contribution in [0.15, 0.2) is 41.8 Å². The van der Waals surface area contributed by atoms with Crippen LogP contribution in [0.2, 0.25) is 0 Å². The topological polar surface area (TPSA) is 95.7 Å². The van der Waals surface area contributed by atoms with E-state index in [1.54, 1.807) is 11.3 Å². The molecule has 1 fully saturated rings. The number of fused-ring (bicyclic) bond motifs is 1. The summed E-state index contributed by atoms with van der Waals surface area (Å²) in [6.07, 6.45) is 7.02. The third-order valence-corrected chi connectivity index (χ3v) is 8.05. The largest absolute Gasteiger partial charge is 0.481 e. The molecule has 0 radical (unpaired) electrons. The van der Waals surface area contributed by atoms with Crippen molar-refractivity contribution < 1.29 is 14.7 Å². The number of thiophene rings is 1. The molecule has 1 saturated carbocycles. The lowest BCUT2D eigenvalue weighted by Gasteiger charge is -2.44. The van der Waals surface area contributed by atoms with Crippen LogP contribution in [0.3, 0.4) is 0 Å². The Kier molecular flexibility index (Phi) is 9.06. The highest BCUT2D eigenvalue weighted by atomic mass is 32.1. The molecule has 33 heavy (non-hydrogen) atoms. The summed E-state index contributed by atoms with van der Waals surface area (Å²) in [6, 6.07) is 13.3. The van der Waals surface area contributed by atoms with Crippen molar-refractivity contribution in [1.29, 1.82) is 0 Å². The summed E-state index contributed by atoms with van der Waals surface area (Å²) in [5.74, 6) is -0.869. The molecule has 0 aliphatic heterocycles. The number of nitrogens with two attached hydrogens (primary N) is 1. The number of nitrogens with one attached hydrogen (secondary N) is 1. The van der Waals surface area contributed by atoms with Crippen LogP contribution < -0.4 is 11.1 Å². The lowest BCUT2D eigenvalue weighted by atomic mass is 9.77. The second-order valence-corrected chi connectivity index (χ2v) is 10.3. The number of amides is 1. The van der Waals surface area contributed by atoms with Crippen molar-refractivity contribution in [2.75, 3.05) is 14.1 Å². The maximum Gasteiger partial charge on any atom is 0.303 e. The molecule has 0 spiro atoms. The molecule has 2 aromatic rings. The van der Waals surface area contributed by atoms with E-state index in [4.69, 9.17) is 10.8 Å². The number of carbonyl (C=O) groups excluding carboxylic acids is 1. The fourth-order valence-electron chi connectivity index (χ4n) is 4.99. The predicted octanol–water partition coefficient (Wildman–Crippen LogP) is 4.45. The molecule has 2 aliphatic rings.